The zero-order chi connectivity index (χ0) is 31.4. The van der Waals surface area contributed by atoms with E-state index in [-0.39, 0.29) is 23.4 Å². The third kappa shape index (κ3) is 8.88. The number of aliphatic carboxylic acids is 1. The number of phosphoric ester groups is 1. The average Bonchev–Trinajstić information content (AvgIpc) is 3.40. The molecule has 3 heterocycles. The molecule has 2 aromatic heterocycles. The van der Waals surface area contributed by atoms with Crippen LogP contribution in [0.5, 0.6) is 0 Å². The van der Waals surface area contributed by atoms with Gasteiger partial charge in [-0.3, -0.25) is 18.9 Å². The molecular formula is C16H25N5O18P2. The Bertz CT molecular complexity index is 1380. The van der Waals surface area contributed by atoms with Crippen LogP contribution in [0.15, 0.2) is 11.1 Å². The van der Waals surface area contributed by atoms with Crippen LogP contribution in [0.2, 0.25) is 0 Å². The minimum atomic E-state index is -5.32. The summed E-state index contributed by atoms with van der Waals surface area (Å²) in [4.78, 5) is 68.0. The van der Waals surface area contributed by atoms with Crippen LogP contribution in [0.25, 0.3) is 11.2 Å². The molecule has 23 nitrogen and oxygen atoms in total. The Morgan fingerprint density at radius 2 is 1.78 bits per heavy atom. The maximum absolute atomic E-state index is 11.8. The number of aromatic nitrogens is 4. The van der Waals surface area contributed by atoms with Crippen LogP contribution in [0.1, 0.15) is 6.23 Å². The van der Waals surface area contributed by atoms with Gasteiger partial charge in [-0.25, -0.2) is 18.9 Å². The molecule has 0 radical (unpaired) electrons. The van der Waals surface area contributed by atoms with E-state index in [1.54, 1.807) is 0 Å². The quantitative estimate of drug-likeness (QED) is 0.0806. The zero-order valence-electron chi connectivity index (χ0n) is 20.0. The van der Waals surface area contributed by atoms with Gasteiger partial charge < -0.3 is 65.7 Å². The molecular weight excluding hydrogens is 612 g/mol. The number of phosphoric acid groups is 2. The summed E-state index contributed by atoms with van der Waals surface area (Å²) in [5.74, 6) is -1.99. The summed E-state index contributed by atoms with van der Waals surface area (Å²) in [6.45, 7) is -0.870. The topological polar surface area (TPSA) is 388 Å². The molecule has 1 unspecified atom stereocenters. The molecule has 0 aromatic carbocycles. The lowest BCUT2D eigenvalue weighted by molar-refractivity contribution is -0.163. The Labute approximate surface area is 225 Å². The van der Waals surface area contributed by atoms with Crippen molar-refractivity contribution in [3.8, 4) is 0 Å². The molecule has 0 amide bonds. The minimum absolute atomic E-state index is 0.0586. The summed E-state index contributed by atoms with van der Waals surface area (Å²) in [6.07, 6.45) is -13.3. The van der Waals surface area contributed by atoms with Crippen LogP contribution in [0, 0.1) is 0 Å². The molecule has 1 fully saturated rings. The van der Waals surface area contributed by atoms with E-state index in [0.717, 1.165) is 10.9 Å². The number of ether oxygens (including phenoxy) is 1. The summed E-state index contributed by atoms with van der Waals surface area (Å²) >= 11 is 0. The van der Waals surface area contributed by atoms with E-state index in [4.69, 9.17) is 45.8 Å². The number of carboxylic acid groups (broad SMARTS) is 1. The number of nitrogens with two attached hydrogens (primary N) is 1. The Morgan fingerprint density at radius 1 is 1.17 bits per heavy atom. The largest absolute Gasteiger partial charge is 0.481 e. The van der Waals surface area contributed by atoms with E-state index < -0.39 is 82.7 Å². The van der Waals surface area contributed by atoms with Crippen molar-refractivity contribution in [3.05, 3.63) is 16.7 Å². The lowest BCUT2D eigenvalue weighted by Crippen LogP contribution is -2.48. The summed E-state index contributed by atoms with van der Waals surface area (Å²) in [7, 11) is -10.5. The number of carboxylic acids is 1. The van der Waals surface area contributed by atoms with Crippen LogP contribution < -0.4 is 11.3 Å². The Hall–Kier alpha value is -2.73. The van der Waals surface area contributed by atoms with Crippen molar-refractivity contribution in [2.75, 3.05) is 12.3 Å². The fourth-order valence-electron chi connectivity index (χ4n) is 3.17. The number of aromatic amines is 1. The number of aliphatic hydroxyl groups is 6. The number of carbonyl (C=O) groups excluding carboxylic acids is 1. The van der Waals surface area contributed by atoms with Gasteiger partial charge in [-0.15, -0.1) is 0 Å². The van der Waals surface area contributed by atoms with Gasteiger partial charge in [0.2, 0.25) is 5.95 Å². The number of anilines is 1. The average molecular weight is 637 g/mol. The van der Waals surface area contributed by atoms with Gasteiger partial charge in [0.05, 0.1) is 12.9 Å². The molecule has 13 N–H and O–H groups in total. The second kappa shape index (κ2) is 13.5. The second-order valence-corrected chi connectivity index (χ2v) is 10.9. The van der Waals surface area contributed by atoms with E-state index in [2.05, 4.69) is 23.8 Å². The van der Waals surface area contributed by atoms with Crippen molar-refractivity contribution >= 4 is 45.0 Å². The molecule has 41 heavy (non-hydrogen) atoms. The molecule has 1 aliphatic heterocycles. The predicted molar refractivity (Wildman–Crippen MR) is 125 cm³/mol. The van der Waals surface area contributed by atoms with Crippen molar-refractivity contribution in [1.29, 1.82) is 0 Å². The SMILES string of the molecule is Nc1nc2c(ncn2[C@@H]2O[C@H](COP(=O)(O)OP(=O)(O)O)[C@@H](O)[C@H]2O)c(=O)[nH]1.O=C[C@@H](O)[C@@H](O)[C@H](O)[C@H](O)C(=O)O. The molecule has 2 aromatic rings. The number of rotatable bonds is 11. The Kier molecular flexibility index (Phi) is 11.3. The standard InChI is InChI=1S/C10H15N5O11P2.C6H10O7/c11-10-13-7-4(8(18)14-10)12-2-15(7)9-6(17)5(16)3(25-9)1-24-28(22,23)26-27(19,20)21;7-1-2(8)3(9)4(10)5(11)6(12)13/h2-3,5-6,9,16-17H,1H2,(H,22,23)(H2,19,20,21)(H3,11,13,14,18);1-5,8-11H,(H,12,13)/t3-,5-,6-,9-;2-,3-,4+,5+/m11/s1. The fraction of sp³-hybridized carbons (Fsp3) is 0.562. The van der Waals surface area contributed by atoms with E-state index in [1.807, 2.05) is 0 Å². The lowest BCUT2D eigenvalue weighted by atomic mass is 10.0. The molecule has 25 heteroatoms. The monoisotopic (exact) mass is 637 g/mol. The molecule has 1 saturated heterocycles. The van der Waals surface area contributed by atoms with Crippen LogP contribution in [-0.2, 0) is 32.3 Å². The predicted octanol–water partition coefficient (Wildman–Crippen LogP) is -5.74. The molecule has 1 aliphatic rings. The van der Waals surface area contributed by atoms with E-state index in [1.165, 1.54) is 0 Å². The van der Waals surface area contributed by atoms with E-state index >= 15 is 0 Å². The first-order valence-corrected chi connectivity index (χ1v) is 13.7. The normalized spacial score (nSPS) is 25.4. The number of aldehydes is 1. The van der Waals surface area contributed by atoms with Gasteiger partial charge in [-0.05, 0) is 0 Å². The molecule has 0 bridgehead atoms. The third-order valence-electron chi connectivity index (χ3n) is 5.09. The first kappa shape index (κ1) is 34.5. The molecule has 0 spiro atoms. The number of nitrogens with zero attached hydrogens (tertiary/aromatic N) is 3. The first-order valence-electron chi connectivity index (χ1n) is 10.7. The molecule has 232 valence electrons. The van der Waals surface area contributed by atoms with Gasteiger partial charge in [-0.2, -0.15) is 9.29 Å². The van der Waals surface area contributed by atoms with Crippen molar-refractivity contribution in [2.45, 2.75) is 49.0 Å². The number of fused-ring (bicyclic) bond motifs is 1. The summed E-state index contributed by atoms with van der Waals surface area (Å²) in [6, 6.07) is 0. The van der Waals surface area contributed by atoms with Gasteiger partial charge in [0.1, 0.15) is 36.6 Å². The third-order valence-corrected chi connectivity index (χ3v) is 7.24. The summed E-state index contributed by atoms with van der Waals surface area (Å²) in [5.41, 5.74) is 4.65. The van der Waals surface area contributed by atoms with Gasteiger partial charge >= 0.3 is 21.6 Å². The van der Waals surface area contributed by atoms with Crippen LogP contribution in [0.4, 0.5) is 5.95 Å². The highest BCUT2D eigenvalue weighted by Crippen LogP contribution is 2.57. The molecule has 0 aliphatic carbocycles. The maximum atomic E-state index is 11.8. The fourth-order valence-corrected chi connectivity index (χ4v) is 4.77. The number of hydrogen-bond acceptors (Lipinski definition) is 17. The highest BCUT2D eigenvalue weighted by Gasteiger charge is 2.46. The number of nitrogens with one attached hydrogen (secondary N) is 1. The first-order chi connectivity index (χ1) is 18.8. The number of carbonyl (C=O) groups is 2. The minimum Gasteiger partial charge on any atom is -0.479 e. The van der Waals surface area contributed by atoms with Crippen LogP contribution in [0.3, 0.4) is 0 Å². The molecule has 9 atom stereocenters. The number of nitrogen functional groups attached to an aromatic ring is 1. The highest BCUT2D eigenvalue weighted by molar-refractivity contribution is 7.60. The lowest BCUT2D eigenvalue weighted by Gasteiger charge is -2.21. The van der Waals surface area contributed by atoms with Crippen molar-refractivity contribution < 1.29 is 82.7 Å². The van der Waals surface area contributed by atoms with E-state index in [9.17, 15) is 38.6 Å². The Morgan fingerprint density at radius 3 is 2.32 bits per heavy atom. The van der Waals surface area contributed by atoms with Crippen LogP contribution in [-0.4, -0.2) is 132 Å². The van der Waals surface area contributed by atoms with Crippen molar-refractivity contribution in [1.82, 2.24) is 19.5 Å². The zero-order valence-corrected chi connectivity index (χ0v) is 21.8. The number of hydrogen-bond donors (Lipinski definition) is 12. The number of H-pyrrole nitrogens is 1. The Balaban J connectivity index is 0.000000383. The molecule has 3 rings (SSSR count). The van der Waals surface area contributed by atoms with Gasteiger partial charge in [0.15, 0.2) is 29.8 Å². The van der Waals surface area contributed by atoms with Crippen molar-refractivity contribution in [3.63, 3.8) is 0 Å². The van der Waals surface area contributed by atoms with Crippen molar-refractivity contribution in [2.24, 2.45) is 0 Å². The summed E-state index contributed by atoms with van der Waals surface area (Å²) < 4.78 is 36.6. The number of aliphatic hydroxyl groups excluding tert-OH is 6. The molecule has 0 saturated carbocycles. The van der Waals surface area contributed by atoms with E-state index in [0.29, 0.717) is 0 Å². The van der Waals surface area contributed by atoms with Gasteiger partial charge in [0.25, 0.3) is 5.56 Å². The highest BCUT2D eigenvalue weighted by atomic mass is 31.3. The number of imidazole rings is 1. The summed E-state index contributed by atoms with van der Waals surface area (Å²) in [5, 5.41) is 63.5. The second-order valence-electron chi connectivity index (χ2n) is 8.05. The maximum Gasteiger partial charge on any atom is 0.481 e. The van der Waals surface area contributed by atoms with Gasteiger partial charge in [-0.1, -0.05) is 0 Å². The van der Waals surface area contributed by atoms with Gasteiger partial charge in [0, 0.05) is 0 Å². The smallest absolute Gasteiger partial charge is 0.479 e. The van der Waals surface area contributed by atoms with Crippen LogP contribution >= 0.6 is 15.6 Å².